The third kappa shape index (κ3) is 3.78. The fourth-order valence-electron chi connectivity index (χ4n) is 0.967. The normalized spacial score (nSPS) is 13.6. The van der Waals surface area contributed by atoms with Gasteiger partial charge in [0.25, 0.3) is 0 Å². The van der Waals surface area contributed by atoms with Crippen molar-refractivity contribution in [2.45, 2.75) is 19.2 Å². The number of hydrogen-bond acceptors (Lipinski definition) is 3. The van der Waals surface area contributed by atoms with Gasteiger partial charge in [-0.25, -0.2) is 4.98 Å². The van der Waals surface area contributed by atoms with E-state index < -0.39 is 17.8 Å². The second-order valence-electron chi connectivity index (χ2n) is 3.28. The molecule has 0 aliphatic rings. The topological polar surface area (TPSA) is 45.1 Å². The lowest BCUT2D eigenvalue weighted by Crippen LogP contribution is -2.17. The molecule has 1 rings (SSSR count). The second-order valence-corrected chi connectivity index (χ2v) is 4.44. The standard InChI is InChI=1S/C9H10F3IN2O/c1-5(16)3-14-8-7(13)2-6(4-15-8)9(10,11)12/h2,4-5,16H,3H2,1H3,(H,14,15)/t5-/m1/s1. The van der Waals surface area contributed by atoms with Gasteiger partial charge in [-0.1, -0.05) is 0 Å². The highest BCUT2D eigenvalue weighted by atomic mass is 127. The Hall–Kier alpha value is -0.570. The van der Waals surface area contributed by atoms with Crippen LogP contribution in [0.4, 0.5) is 19.0 Å². The summed E-state index contributed by atoms with van der Waals surface area (Å²) >= 11 is 1.77. The van der Waals surface area contributed by atoms with E-state index in [9.17, 15) is 13.2 Å². The lowest BCUT2D eigenvalue weighted by atomic mass is 10.3. The number of aliphatic hydroxyl groups excluding tert-OH is 1. The largest absolute Gasteiger partial charge is 0.417 e. The van der Waals surface area contributed by atoms with Crippen molar-refractivity contribution < 1.29 is 18.3 Å². The molecule has 1 heterocycles. The monoisotopic (exact) mass is 346 g/mol. The van der Waals surface area contributed by atoms with E-state index in [-0.39, 0.29) is 6.54 Å². The Bertz CT molecular complexity index is 368. The van der Waals surface area contributed by atoms with Crippen molar-refractivity contribution in [1.82, 2.24) is 4.98 Å². The van der Waals surface area contributed by atoms with Crippen LogP contribution in [0.15, 0.2) is 12.3 Å². The summed E-state index contributed by atoms with van der Waals surface area (Å²) in [5.41, 5.74) is -0.778. The van der Waals surface area contributed by atoms with Gasteiger partial charge in [0.2, 0.25) is 0 Å². The number of pyridine rings is 1. The van der Waals surface area contributed by atoms with Crippen LogP contribution in [-0.2, 0) is 6.18 Å². The molecule has 0 saturated carbocycles. The zero-order valence-corrected chi connectivity index (χ0v) is 10.5. The molecule has 0 spiro atoms. The zero-order valence-electron chi connectivity index (χ0n) is 8.35. The Labute approximate surface area is 104 Å². The number of alkyl halides is 3. The summed E-state index contributed by atoms with van der Waals surface area (Å²) in [7, 11) is 0. The highest BCUT2D eigenvalue weighted by Crippen LogP contribution is 2.30. The van der Waals surface area contributed by atoms with E-state index >= 15 is 0 Å². The lowest BCUT2D eigenvalue weighted by molar-refractivity contribution is -0.137. The molecule has 90 valence electrons. The minimum Gasteiger partial charge on any atom is -0.392 e. The van der Waals surface area contributed by atoms with Crippen molar-refractivity contribution in [3.05, 3.63) is 21.4 Å². The quantitative estimate of drug-likeness (QED) is 0.827. The Morgan fingerprint density at radius 3 is 2.62 bits per heavy atom. The molecule has 1 aromatic heterocycles. The van der Waals surface area contributed by atoms with E-state index in [0.717, 1.165) is 12.3 Å². The summed E-state index contributed by atoms with van der Waals surface area (Å²) in [5, 5.41) is 11.8. The molecule has 0 radical (unpaired) electrons. The van der Waals surface area contributed by atoms with Crippen LogP contribution in [0.2, 0.25) is 0 Å². The Morgan fingerprint density at radius 2 is 2.19 bits per heavy atom. The Balaban J connectivity index is 2.84. The third-order valence-electron chi connectivity index (χ3n) is 1.73. The first-order valence-corrected chi connectivity index (χ1v) is 5.53. The minimum atomic E-state index is -4.38. The van der Waals surface area contributed by atoms with Crippen molar-refractivity contribution in [3.8, 4) is 0 Å². The third-order valence-corrected chi connectivity index (χ3v) is 2.56. The lowest BCUT2D eigenvalue weighted by Gasteiger charge is -2.11. The van der Waals surface area contributed by atoms with E-state index in [0.29, 0.717) is 9.39 Å². The number of aromatic nitrogens is 1. The number of nitrogens with one attached hydrogen (secondary N) is 1. The van der Waals surface area contributed by atoms with Gasteiger partial charge in [0.05, 0.1) is 15.2 Å². The molecule has 3 nitrogen and oxygen atoms in total. The molecule has 0 fully saturated rings. The van der Waals surface area contributed by atoms with E-state index in [1.165, 1.54) is 0 Å². The first-order valence-electron chi connectivity index (χ1n) is 4.45. The van der Waals surface area contributed by atoms with Gasteiger partial charge in [-0.15, -0.1) is 0 Å². The van der Waals surface area contributed by atoms with E-state index in [1.54, 1.807) is 29.5 Å². The molecular formula is C9H10F3IN2O. The molecule has 0 saturated heterocycles. The maximum Gasteiger partial charge on any atom is 0.417 e. The number of anilines is 1. The first-order chi connectivity index (χ1) is 7.30. The predicted molar refractivity (Wildman–Crippen MR) is 62.1 cm³/mol. The molecule has 0 bridgehead atoms. The number of nitrogens with zero attached hydrogens (tertiary/aromatic N) is 1. The highest BCUT2D eigenvalue weighted by molar-refractivity contribution is 14.1. The van der Waals surface area contributed by atoms with Crippen molar-refractivity contribution in [2.24, 2.45) is 0 Å². The van der Waals surface area contributed by atoms with Gasteiger partial charge < -0.3 is 10.4 Å². The molecule has 1 atom stereocenters. The summed E-state index contributed by atoms with van der Waals surface area (Å²) < 4.78 is 37.3. The van der Waals surface area contributed by atoms with Gasteiger partial charge in [-0.2, -0.15) is 13.2 Å². The number of hydrogen-bond donors (Lipinski definition) is 2. The van der Waals surface area contributed by atoms with Crippen LogP contribution in [-0.4, -0.2) is 22.7 Å². The molecule has 16 heavy (non-hydrogen) atoms. The van der Waals surface area contributed by atoms with Gasteiger partial charge >= 0.3 is 6.18 Å². The fraction of sp³-hybridized carbons (Fsp3) is 0.444. The fourth-order valence-corrected chi connectivity index (χ4v) is 1.63. The molecular weight excluding hydrogens is 336 g/mol. The van der Waals surface area contributed by atoms with Crippen LogP contribution in [0.25, 0.3) is 0 Å². The van der Waals surface area contributed by atoms with Crippen LogP contribution in [0.3, 0.4) is 0 Å². The number of rotatable bonds is 3. The predicted octanol–water partition coefficient (Wildman–Crippen LogP) is 2.50. The summed E-state index contributed by atoms with van der Waals surface area (Å²) in [6, 6.07) is 1.01. The highest BCUT2D eigenvalue weighted by Gasteiger charge is 2.31. The summed E-state index contributed by atoms with van der Waals surface area (Å²) in [5.74, 6) is 0.342. The van der Waals surface area contributed by atoms with Crippen LogP contribution in [0, 0.1) is 3.57 Å². The van der Waals surface area contributed by atoms with Crippen LogP contribution in [0.5, 0.6) is 0 Å². The SMILES string of the molecule is C[C@@H](O)CNc1ncc(C(F)(F)F)cc1I. The summed E-state index contributed by atoms with van der Waals surface area (Å²) in [4.78, 5) is 3.67. The summed E-state index contributed by atoms with van der Waals surface area (Å²) in [6.45, 7) is 1.82. The minimum absolute atomic E-state index is 0.244. The van der Waals surface area contributed by atoms with Crippen LogP contribution < -0.4 is 5.32 Å². The van der Waals surface area contributed by atoms with Crippen molar-refractivity contribution in [2.75, 3.05) is 11.9 Å². The molecule has 0 unspecified atom stereocenters. The Morgan fingerprint density at radius 1 is 1.56 bits per heavy atom. The van der Waals surface area contributed by atoms with Gasteiger partial charge in [0.15, 0.2) is 0 Å². The smallest absolute Gasteiger partial charge is 0.392 e. The van der Waals surface area contributed by atoms with Gasteiger partial charge in [-0.3, -0.25) is 0 Å². The second kappa shape index (κ2) is 5.17. The van der Waals surface area contributed by atoms with Crippen molar-refractivity contribution >= 4 is 28.4 Å². The number of aliphatic hydroxyl groups is 1. The van der Waals surface area contributed by atoms with E-state index in [2.05, 4.69) is 10.3 Å². The van der Waals surface area contributed by atoms with Crippen LogP contribution >= 0.6 is 22.6 Å². The molecule has 7 heteroatoms. The molecule has 0 amide bonds. The first kappa shape index (κ1) is 13.5. The van der Waals surface area contributed by atoms with Gasteiger partial charge in [0, 0.05) is 12.7 Å². The molecule has 0 aliphatic carbocycles. The number of halogens is 4. The average molecular weight is 346 g/mol. The Kier molecular flexibility index (Phi) is 4.36. The molecule has 0 aliphatic heterocycles. The van der Waals surface area contributed by atoms with Gasteiger partial charge in [-0.05, 0) is 35.6 Å². The van der Waals surface area contributed by atoms with Gasteiger partial charge in [0.1, 0.15) is 5.82 Å². The maximum absolute atomic E-state index is 12.3. The molecule has 1 aromatic rings. The molecule has 2 N–H and O–H groups in total. The van der Waals surface area contributed by atoms with Crippen LogP contribution in [0.1, 0.15) is 12.5 Å². The van der Waals surface area contributed by atoms with Crippen molar-refractivity contribution in [1.29, 1.82) is 0 Å². The van der Waals surface area contributed by atoms with E-state index in [1.807, 2.05) is 0 Å². The summed E-state index contributed by atoms with van der Waals surface area (Å²) in [6.07, 6.45) is -4.19. The van der Waals surface area contributed by atoms with Crippen molar-refractivity contribution in [3.63, 3.8) is 0 Å². The molecule has 0 aromatic carbocycles. The zero-order chi connectivity index (χ0) is 12.3. The maximum atomic E-state index is 12.3. The average Bonchev–Trinajstić information content (AvgIpc) is 2.14. The van der Waals surface area contributed by atoms with E-state index in [4.69, 9.17) is 5.11 Å².